The van der Waals surface area contributed by atoms with Crippen LogP contribution >= 0.6 is 0 Å². The van der Waals surface area contributed by atoms with Gasteiger partial charge in [-0.15, -0.1) is 0 Å². The molecule has 144 valence electrons. The summed E-state index contributed by atoms with van der Waals surface area (Å²) in [5.41, 5.74) is 9.44. The van der Waals surface area contributed by atoms with E-state index < -0.39 is 0 Å². The number of hydrazine groups is 1. The number of benzene rings is 1. The number of amides is 1. The summed E-state index contributed by atoms with van der Waals surface area (Å²) in [6.45, 7) is 6.81. The van der Waals surface area contributed by atoms with E-state index in [4.69, 9.17) is 4.98 Å². The molecule has 6 nitrogen and oxygen atoms in total. The second-order valence-corrected chi connectivity index (χ2v) is 8.39. The molecule has 0 spiro atoms. The van der Waals surface area contributed by atoms with Gasteiger partial charge in [0.2, 0.25) is 5.95 Å². The zero-order chi connectivity index (χ0) is 19.7. The Morgan fingerprint density at radius 1 is 1.11 bits per heavy atom. The van der Waals surface area contributed by atoms with Crippen molar-refractivity contribution in [2.45, 2.75) is 40.0 Å². The van der Waals surface area contributed by atoms with Gasteiger partial charge in [0.25, 0.3) is 5.91 Å². The van der Waals surface area contributed by atoms with E-state index in [2.05, 4.69) is 41.6 Å². The Hall–Kier alpha value is -3.02. The van der Waals surface area contributed by atoms with E-state index in [1.165, 1.54) is 0 Å². The number of carbonyl (C=O) groups is 1. The largest absolute Gasteiger partial charge is 0.270 e. The second-order valence-electron chi connectivity index (χ2n) is 8.39. The fourth-order valence-electron chi connectivity index (χ4n) is 3.93. The first kappa shape index (κ1) is 18.3. The molecule has 2 N–H and O–H groups in total. The first-order valence-corrected chi connectivity index (χ1v) is 9.67. The van der Waals surface area contributed by atoms with Gasteiger partial charge in [-0.25, -0.2) is 9.97 Å². The first-order chi connectivity index (χ1) is 13.4. The van der Waals surface area contributed by atoms with Gasteiger partial charge in [-0.1, -0.05) is 39.0 Å². The Morgan fingerprint density at radius 3 is 2.61 bits per heavy atom. The molecule has 1 aromatic carbocycles. The van der Waals surface area contributed by atoms with Crippen LogP contribution in [0.1, 0.15) is 48.8 Å². The van der Waals surface area contributed by atoms with Crippen molar-refractivity contribution in [3.8, 4) is 0 Å². The Morgan fingerprint density at radius 2 is 1.86 bits per heavy atom. The van der Waals surface area contributed by atoms with Gasteiger partial charge < -0.3 is 0 Å². The van der Waals surface area contributed by atoms with E-state index in [0.717, 1.165) is 41.4 Å². The maximum atomic E-state index is 13.2. The van der Waals surface area contributed by atoms with Crippen molar-refractivity contribution in [2.24, 2.45) is 11.3 Å². The van der Waals surface area contributed by atoms with Crippen LogP contribution in [0.4, 0.5) is 5.95 Å². The minimum atomic E-state index is -0.183. The predicted molar refractivity (Wildman–Crippen MR) is 110 cm³/mol. The standard InChI is InChI=1S/C22H25N5O/c1-22(2,3)14-9-10-18-16(13-14)19(15-7-4-5-8-17(15)25-18)20(28)26-27-21-23-11-6-12-24-21/h4-8,11-12,14H,9-10,13H2,1-3H3,(H,26,28)(H,23,24,27)/t14-/m1/s1. The van der Waals surface area contributed by atoms with E-state index in [0.29, 0.717) is 17.4 Å². The van der Waals surface area contributed by atoms with Crippen LogP contribution in [0.5, 0.6) is 0 Å². The van der Waals surface area contributed by atoms with Crippen LogP contribution in [0.25, 0.3) is 10.9 Å². The highest BCUT2D eigenvalue weighted by atomic mass is 16.2. The molecule has 1 aliphatic rings. The first-order valence-electron chi connectivity index (χ1n) is 9.67. The van der Waals surface area contributed by atoms with E-state index in [9.17, 15) is 4.79 Å². The fraction of sp³-hybridized carbons (Fsp3) is 0.364. The lowest BCUT2D eigenvalue weighted by atomic mass is 9.70. The summed E-state index contributed by atoms with van der Waals surface area (Å²) in [5.74, 6) is 0.687. The van der Waals surface area contributed by atoms with Crippen molar-refractivity contribution in [1.82, 2.24) is 20.4 Å². The zero-order valence-electron chi connectivity index (χ0n) is 16.5. The molecule has 0 saturated carbocycles. The lowest BCUT2D eigenvalue weighted by molar-refractivity contribution is 0.0961. The molecule has 0 saturated heterocycles. The van der Waals surface area contributed by atoms with E-state index in [1.54, 1.807) is 18.5 Å². The van der Waals surface area contributed by atoms with Gasteiger partial charge in [-0.2, -0.15) is 0 Å². The number of fused-ring (bicyclic) bond motifs is 2. The van der Waals surface area contributed by atoms with Crippen LogP contribution in [0.2, 0.25) is 0 Å². The van der Waals surface area contributed by atoms with Crippen LogP contribution in [-0.2, 0) is 12.8 Å². The molecule has 0 unspecified atom stereocenters. The maximum Gasteiger partial charge on any atom is 0.270 e. The SMILES string of the molecule is CC(C)(C)[C@@H]1CCc2nc3ccccc3c(C(=O)NNc3ncccn3)c2C1. The second kappa shape index (κ2) is 7.19. The summed E-state index contributed by atoms with van der Waals surface area (Å²) in [6, 6.07) is 9.57. The van der Waals surface area contributed by atoms with E-state index in [-0.39, 0.29) is 11.3 Å². The van der Waals surface area contributed by atoms with E-state index in [1.807, 2.05) is 24.3 Å². The number of anilines is 1. The van der Waals surface area contributed by atoms with Crippen LogP contribution in [-0.4, -0.2) is 20.9 Å². The molecule has 6 heteroatoms. The van der Waals surface area contributed by atoms with Crippen molar-refractivity contribution in [1.29, 1.82) is 0 Å². The van der Waals surface area contributed by atoms with E-state index >= 15 is 0 Å². The fourth-order valence-corrected chi connectivity index (χ4v) is 3.93. The van der Waals surface area contributed by atoms with Crippen molar-refractivity contribution in [3.05, 3.63) is 59.5 Å². The number of aromatic nitrogens is 3. The van der Waals surface area contributed by atoms with Crippen molar-refractivity contribution in [2.75, 3.05) is 5.43 Å². The third kappa shape index (κ3) is 3.54. The molecule has 1 aliphatic carbocycles. The number of rotatable bonds is 3. The summed E-state index contributed by atoms with van der Waals surface area (Å²) < 4.78 is 0. The number of carbonyl (C=O) groups excluding carboxylic acids is 1. The number of pyridine rings is 1. The van der Waals surface area contributed by atoms with Crippen LogP contribution in [0.15, 0.2) is 42.7 Å². The zero-order valence-corrected chi connectivity index (χ0v) is 16.5. The average Bonchev–Trinajstić information content (AvgIpc) is 2.70. The molecule has 28 heavy (non-hydrogen) atoms. The molecular weight excluding hydrogens is 350 g/mol. The molecule has 2 heterocycles. The van der Waals surface area contributed by atoms with Gasteiger partial charge in [-0.3, -0.25) is 20.6 Å². The summed E-state index contributed by atoms with van der Waals surface area (Å²) in [4.78, 5) is 26.3. The number of nitrogens with zero attached hydrogens (tertiary/aromatic N) is 3. The van der Waals surface area contributed by atoms with Crippen LogP contribution in [0.3, 0.4) is 0 Å². The Bertz CT molecular complexity index is 1010. The minimum Gasteiger partial charge on any atom is -0.267 e. The molecule has 0 aliphatic heterocycles. The topological polar surface area (TPSA) is 79.8 Å². The van der Waals surface area contributed by atoms with Gasteiger partial charge >= 0.3 is 0 Å². The number of aryl methyl sites for hydroxylation is 1. The van der Waals surface area contributed by atoms with Crippen LogP contribution < -0.4 is 10.9 Å². The molecule has 0 bridgehead atoms. The Labute approximate surface area is 164 Å². The maximum absolute atomic E-state index is 13.2. The number of nitrogens with one attached hydrogen (secondary N) is 2. The highest BCUT2D eigenvalue weighted by Gasteiger charge is 2.32. The normalized spacial score (nSPS) is 16.5. The third-order valence-corrected chi connectivity index (χ3v) is 5.56. The highest BCUT2D eigenvalue weighted by Crippen LogP contribution is 2.39. The van der Waals surface area contributed by atoms with Gasteiger partial charge in [0.15, 0.2) is 0 Å². The van der Waals surface area contributed by atoms with Gasteiger partial charge in [0.1, 0.15) is 0 Å². The van der Waals surface area contributed by atoms with Crippen LogP contribution in [0, 0.1) is 11.3 Å². The number of para-hydroxylation sites is 1. The van der Waals surface area contributed by atoms with Crippen molar-refractivity contribution < 1.29 is 4.79 Å². The molecule has 1 atom stereocenters. The summed E-state index contributed by atoms with van der Waals surface area (Å²) in [7, 11) is 0. The van der Waals surface area contributed by atoms with Gasteiger partial charge in [0, 0.05) is 23.5 Å². The van der Waals surface area contributed by atoms with Gasteiger partial charge in [-0.05, 0) is 48.3 Å². The molecule has 3 aromatic rings. The third-order valence-electron chi connectivity index (χ3n) is 5.56. The summed E-state index contributed by atoms with van der Waals surface area (Å²) in [6.07, 6.45) is 6.11. The highest BCUT2D eigenvalue weighted by molar-refractivity contribution is 6.08. The Kier molecular flexibility index (Phi) is 4.71. The lowest BCUT2D eigenvalue weighted by Gasteiger charge is -2.35. The van der Waals surface area contributed by atoms with Crippen molar-refractivity contribution >= 4 is 22.8 Å². The van der Waals surface area contributed by atoms with Gasteiger partial charge in [0.05, 0.1) is 11.1 Å². The molecular formula is C22H25N5O. The Balaban J connectivity index is 1.74. The molecule has 0 radical (unpaired) electrons. The lowest BCUT2D eigenvalue weighted by Crippen LogP contribution is -2.34. The molecule has 1 amide bonds. The monoisotopic (exact) mass is 375 g/mol. The molecule has 2 aromatic heterocycles. The summed E-state index contributed by atoms with van der Waals surface area (Å²) in [5, 5.41) is 0.879. The van der Waals surface area contributed by atoms with Crippen molar-refractivity contribution in [3.63, 3.8) is 0 Å². The molecule has 4 rings (SSSR count). The number of hydrogen-bond acceptors (Lipinski definition) is 5. The summed E-state index contributed by atoms with van der Waals surface area (Å²) >= 11 is 0. The average molecular weight is 375 g/mol. The molecule has 0 fully saturated rings. The smallest absolute Gasteiger partial charge is 0.267 e. The predicted octanol–water partition coefficient (Wildman–Crippen LogP) is 3.93. The quantitative estimate of drug-likeness (QED) is 0.678. The number of hydrogen-bond donors (Lipinski definition) is 2. The minimum absolute atomic E-state index is 0.183.